The van der Waals surface area contributed by atoms with Gasteiger partial charge < -0.3 is 10.2 Å². The summed E-state index contributed by atoms with van der Waals surface area (Å²) in [6.07, 6.45) is 1.70. The predicted octanol–water partition coefficient (Wildman–Crippen LogP) is 1.53. The quantitative estimate of drug-likeness (QED) is 0.822. The van der Waals surface area contributed by atoms with Crippen molar-refractivity contribution in [2.75, 3.05) is 24.5 Å². The summed E-state index contributed by atoms with van der Waals surface area (Å²) in [6.45, 7) is 5.24. The molecule has 0 spiro atoms. The third-order valence-corrected chi connectivity index (χ3v) is 2.77. The van der Waals surface area contributed by atoms with Crippen molar-refractivity contribution >= 4 is 17.4 Å². The zero-order valence-corrected chi connectivity index (χ0v) is 8.96. The maximum Gasteiger partial charge on any atom is 0.128 e. The van der Waals surface area contributed by atoms with Gasteiger partial charge in [-0.2, -0.15) is 0 Å². The fourth-order valence-corrected chi connectivity index (χ4v) is 1.75. The van der Waals surface area contributed by atoms with Gasteiger partial charge in [-0.3, -0.25) is 0 Å². The normalized spacial score (nSPS) is 16.4. The van der Waals surface area contributed by atoms with Gasteiger partial charge in [0.25, 0.3) is 0 Å². The van der Waals surface area contributed by atoms with Gasteiger partial charge in [-0.05, 0) is 19.1 Å². The van der Waals surface area contributed by atoms with E-state index in [1.807, 2.05) is 12.1 Å². The van der Waals surface area contributed by atoms with Gasteiger partial charge in [-0.1, -0.05) is 11.6 Å². The molecule has 1 N–H and O–H groups in total. The van der Waals surface area contributed by atoms with Crippen molar-refractivity contribution in [3.05, 3.63) is 23.4 Å². The molecule has 0 unspecified atom stereocenters. The van der Waals surface area contributed by atoms with Crippen molar-refractivity contribution in [3.63, 3.8) is 0 Å². The van der Waals surface area contributed by atoms with E-state index < -0.39 is 0 Å². The lowest BCUT2D eigenvalue weighted by Crippen LogP contribution is -2.57. The second kappa shape index (κ2) is 4.15. The minimum absolute atomic E-state index is 0.591. The van der Waals surface area contributed by atoms with Crippen LogP contribution in [0.25, 0.3) is 0 Å². The van der Waals surface area contributed by atoms with Crippen LogP contribution in [-0.2, 0) is 0 Å². The van der Waals surface area contributed by atoms with E-state index in [9.17, 15) is 0 Å². The first kappa shape index (κ1) is 9.74. The van der Waals surface area contributed by atoms with Gasteiger partial charge in [-0.25, -0.2) is 4.98 Å². The van der Waals surface area contributed by atoms with Crippen LogP contribution in [0.1, 0.15) is 6.92 Å². The van der Waals surface area contributed by atoms with Crippen LogP contribution in [0.15, 0.2) is 18.3 Å². The lowest BCUT2D eigenvalue weighted by molar-refractivity contribution is 0.415. The highest BCUT2D eigenvalue weighted by Crippen LogP contribution is 2.17. The molecule has 0 amide bonds. The molecule has 0 radical (unpaired) electrons. The number of rotatable bonds is 3. The maximum atomic E-state index is 5.79. The summed E-state index contributed by atoms with van der Waals surface area (Å²) in [5, 5.41) is 3.95. The third kappa shape index (κ3) is 1.83. The van der Waals surface area contributed by atoms with Crippen LogP contribution in [0.5, 0.6) is 0 Å². The zero-order chi connectivity index (χ0) is 9.97. The van der Waals surface area contributed by atoms with Crippen LogP contribution in [0.2, 0.25) is 5.02 Å². The molecule has 14 heavy (non-hydrogen) atoms. The van der Waals surface area contributed by atoms with E-state index in [1.54, 1.807) is 6.20 Å². The Morgan fingerprint density at radius 2 is 2.36 bits per heavy atom. The molecular weight excluding hydrogens is 198 g/mol. The Kier molecular flexibility index (Phi) is 2.89. The van der Waals surface area contributed by atoms with E-state index >= 15 is 0 Å². The lowest BCUT2D eigenvalue weighted by atomic mass is 10.1. The summed E-state index contributed by atoms with van der Waals surface area (Å²) in [6, 6.07) is 4.46. The Labute approximate surface area is 89.1 Å². The molecule has 1 saturated heterocycles. The first-order valence-electron chi connectivity index (χ1n) is 4.90. The minimum Gasteiger partial charge on any atom is -0.351 e. The molecule has 0 atom stereocenters. The average molecular weight is 212 g/mol. The van der Waals surface area contributed by atoms with E-state index in [0.29, 0.717) is 11.1 Å². The topological polar surface area (TPSA) is 28.2 Å². The maximum absolute atomic E-state index is 5.79. The third-order valence-electron chi connectivity index (χ3n) is 2.55. The van der Waals surface area contributed by atoms with Crippen molar-refractivity contribution < 1.29 is 0 Å². The number of halogens is 1. The Bertz CT molecular complexity index is 295. The fraction of sp³-hybridized carbons (Fsp3) is 0.500. The SMILES string of the molecule is CCN(c1ccc(Cl)cn1)C1CNC1. The molecule has 2 heterocycles. The number of likely N-dealkylation sites (N-methyl/N-ethyl adjacent to an activating group) is 1. The van der Waals surface area contributed by atoms with Crippen molar-refractivity contribution in [2.45, 2.75) is 13.0 Å². The summed E-state index contributed by atoms with van der Waals surface area (Å²) in [4.78, 5) is 6.62. The molecule has 0 aromatic carbocycles. The Hall–Kier alpha value is -0.800. The van der Waals surface area contributed by atoms with Gasteiger partial charge >= 0.3 is 0 Å². The monoisotopic (exact) mass is 211 g/mol. The van der Waals surface area contributed by atoms with Crippen LogP contribution in [0, 0.1) is 0 Å². The minimum atomic E-state index is 0.591. The zero-order valence-electron chi connectivity index (χ0n) is 8.20. The molecular formula is C10H14ClN3. The van der Waals surface area contributed by atoms with E-state index in [0.717, 1.165) is 25.5 Å². The highest BCUT2D eigenvalue weighted by atomic mass is 35.5. The molecule has 1 fully saturated rings. The molecule has 1 aromatic heterocycles. The van der Waals surface area contributed by atoms with Crippen LogP contribution in [0.4, 0.5) is 5.82 Å². The molecule has 0 saturated carbocycles. The highest BCUT2D eigenvalue weighted by molar-refractivity contribution is 6.30. The van der Waals surface area contributed by atoms with E-state index in [4.69, 9.17) is 11.6 Å². The number of nitrogens with one attached hydrogen (secondary N) is 1. The van der Waals surface area contributed by atoms with Crippen molar-refractivity contribution in [2.24, 2.45) is 0 Å². The second-order valence-corrected chi connectivity index (χ2v) is 3.87. The Morgan fingerprint density at radius 3 is 2.79 bits per heavy atom. The van der Waals surface area contributed by atoms with E-state index in [2.05, 4.69) is 22.1 Å². The van der Waals surface area contributed by atoms with Crippen LogP contribution < -0.4 is 10.2 Å². The summed E-state index contributed by atoms with van der Waals surface area (Å²) in [7, 11) is 0. The Morgan fingerprint density at radius 1 is 1.57 bits per heavy atom. The van der Waals surface area contributed by atoms with E-state index in [1.165, 1.54) is 0 Å². The molecule has 2 rings (SSSR count). The number of hydrogen-bond acceptors (Lipinski definition) is 3. The molecule has 0 bridgehead atoms. The molecule has 0 aliphatic carbocycles. The molecule has 1 aliphatic rings. The molecule has 1 aliphatic heterocycles. The van der Waals surface area contributed by atoms with Gasteiger partial charge in [-0.15, -0.1) is 0 Å². The smallest absolute Gasteiger partial charge is 0.128 e. The summed E-state index contributed by atoms with van der Waals surface area (Å²) in [5.41, 5.74) is 0. The number of pyridine rings is 1. The average Bonchev–Trinajstić information content (AvgIpc) is 2.13. The number of hydrogen-bond donors (Lipinski definition) is 1. The lowest BCUT2D eigenvalue weighted by Gasteiger charge is -2.38. The van der Waals surface area contributed by atoms with Gasteiger partial charge in [0.2, 0.25) is 0 Å². The van der Waals surface area contributed by atoms with Crippen LogP contribution in [-0.4, -0.2) is 30.7 Å². The number of nitrogens with zero attached hydrogens (tertiary/aromatic N) is 2. The van der Waals surface area contributed by atoms with Crippen molar-refractivity contribution in [3.8, 4) is 0 Å². The van der Waals surface area contributed by atoms with Gasteiger partial charge in [0.15, 0.2) is 0 Å². The van der Waals surface area contributed by atoms with Crippen molar-refractivity contribution in [1.29, 1.82) is 0 Å². The number of anilines is 1. The van der Waals surface area contributed by atoms with Gasteiger partial charge in [0.1, 0.15) is 5.82 Å². The van der Waals surface area contributed by atoms with Gasteiger partial charge in [0.05, 0.1) is 11.1 Å². The van der Waals surface area contributed by atoms with Crippen molar-refractivity contribution in [1.82, 2.24) is 10.3 Å². The molecule has 3 nitrogen and oxygen atoms in total. The molecule has 76 valence electrons. The van der Waals surface area contributed by atoms with Gasteiger partial charge in [0, 0.05) is 25.8 Å². The fourth-order valence-electron chi connectivity index (χ4n) is 1.64. The summed E-state index contributed by atoms with van der Waals surface area (Å²) in [5.74, 6) is 1.02. The standard InChI is InChI=1S/C10H14ClN3/c1-2-14(9-6-12-7-9)10-4-3-8(11)5-13-10/h3-5,9,12H,2,6-7H2,1H3. The molecule has 4 heteroatoms. The summed E-state index contributed by atoms with van der Waals surface area (Å²) < 4.78 is 0. The molecule has 1 aromatic rings. The first-order chi connectivity index (χ1) is 6.81. The first-order valence-corrected chi connectivity index (χ1v) is 5.28. The largest absolute Gasteiger partial charge is 0.351 e. The van der Waals surface area contributed by atoms with Crippen LogP contribution in [0.3, 0.4) is 0 Å². The summed E-state index contributed by atoms with van der Waals surface area (Å²) >= 11 is 5.79. The Balaban J connectivity index is 2.14. The second-order valence-electron chi connectivity index (χ2n) is 3.43. The number of aromatic nitrogens is 1. The highest BCUT2D eigenvalue weighted by Gasteiger charge is 2.23. The van der Waals surface area contributed by atoms with E-state index in [-0.39, 0.29) is 0 Å². The predicted molar refractivity (Wildman–Crippen MR) is 58.9 cm³/mol. The van der Waals surface area contributed by atoms with Crippen LogP contribution >= 0.6 is 11.6 Å².